The maximum atomic E-state index is 13.1. The van der Waals surface area contributed by atoms with Gasteiger partial charge < -0.3 is 10.0 Å². The number of hydrogen-bond acceptors (Lipinski definition) is 5. The summed E-state index contributed by atoms with van der Waals surface area (Å²) in [6, 6.07) is 11.1. The molecule has 1 aliphatic rings. The monoisotopic (exact) mass is 374 g/mol. The van der Waals surface area contributed by atoms with Crippen LogP contribution < -0.4 is 0 Å². The number of aliphatic hydroxyl groups is 1. The number of hydrogen-bond donors (Lipinski definition) is 1. The molecule has 0 aliphatic heterocycles. The zero-order chi connectivity index (χ0) is 20.1. The lowest BCUT2D eigenvalue weighted by Crippen LogP contribution is -2.39. The van der Waals surface area contributed by atoms with Gasteiger partial charge in [-0.05, 0) is 48.6 Å². The van der Waals surface area contributed by atoms with Crippen molar-refractivity contribution in [1.82, 2.24) is 9.88 Å². The second-order valence-electron chi connectivity index (χ2n) is 7.08. The average Bonchev–Trinajstić information content (AvgIpc) is 3.15. The number of rotatable bonds is 6. The van der Waals surface area contributed by atoms with Gasteiger partial charge in [-0.3, -0.25) is 9.78 Å². The van der Waals surface area contributed by atoms with Crippen molar-refractivity contribution in [2.24, 2.45) is 5.92 Å². The van der Waals surface area contributed by atoms with Gasteiger partial charge >= 0.3 is 0 Å². The second-order valence-corrected chi connectivity index (χ2v) is 7.08. The molecule has 6 heteroatoms. The van der Waals surface area contributed by atoms with Crippen LogP contribution in [0.25, 0.3) is 0 Å². The molecule has 1 aromatic carbocycles. The van der Waals surface area contributed by atoms with E-state index < -0.39 is 6.10 Å². The lowest BCUT2D eigenvalue weighted by atomic mass is 10.0. The number of nitriles is 2. The Bertz CT molecular complexity index is 900. The van der Waals surface area contributed by atoms with Crippen molar-refractivity contribution >= 4 is 5.91 Å². The van der Waals surface area contributed by atoms with E-state index in [9.17, 15) is 20.4 Å². The highest BCUT2D eigenvalue weighted by Gasteiger charge is 2.32. The Kier molecular flexibility index (Phi) is 6.03. The molecule has 1 aromatic heterocycles. The summed E-state index contributed by atoms with van der Waals surface area (Å²) in [7, 11) is 0. The normalized spacial score (nSPS) is 14.0. The summed E-state index contributed by atoms with van der Waals surface area (Å²) in [5.74, 6) is -0.235. The van der Waals surface area contributed by atoms with Crippen LogP contribution in [0.3, 0.4) is 0 Å². The number of amides is 1. The zero-order valence-corrected chi connectivity index (χ0v) is 15.8. The number of fused-ring (bicyclic) bond motifs is 1. The number of benzene rings is 1. The minimum absolute atomic E-state index is 0.00185. The van der Waals surface area contributed by atoms with Crippen LogP contribution in [0.4, 0.5) is 0 Å². The third kappa shape index (κ3) is 4.03. The first kappa shape index (κ1) is 19.5. The molecule has 1 unspecified atom stereocenters. The zero-order valence-electron chi connectivity index (χ0n) is 15.8. The van der Waals surface area contributed by atoms with Crippen LogP contribution in [0.1, 0.15) is 47.3 Å². The predicted octanol–water partition coefficient (Wildman–Crippen LogP) is 2.51. The quantitative estimate of drug-likeness (QED) is 0.837. The van der Waals surface area contributed by atoms with E-state index in [1.165, 1.54) is 0 Å². The number of nitrogens with zero attached hydrogens (tertiary/aromatic N) is 4. The van der Waals surface area contributed by atoms with Gasteiger partial charge in [0.25, 0.3) is 0 Å². The SMILES string of the molecule is CCCN(CC(O)c1cccnc1)C(=O)C1Cc2cc(C#N)c(C#N)cc2C1. The molecule has 0 saturated heterocycles. The van der Waals surface area contributed by atoms with Crippen molar-refractivity contribution in [2.45, 2.75) is 32.3 Å². The molecule has 2 aromatic rings. The smallest absolute Gasteiger partial charge is 0.226 e. The minimum atomic E-state index is -0.789. The molecule has 3 rings (SSSR count). The molecule has 142 valence electrons. The van der Waals surface area contributed by atoms with Crippen LogP contribution in [0.5, 0.6) is 0 Å². The molecule has 0 bridgehead atoms. The summed E-state index contributed by atoms with van der Waals surface area (Å²) in [5.41, 5.74) is 3.30. The van der Waals surface area contributed by atoms with E-state index in [4.69, 9.17) is 0 Å². The van der Waals surface area contributed by atoms with Crippen LogP contribution in [0.15, 0.2) is 36.7 Å². The molecule has 0 radical (unpaired) electrons. The highest BCUT2D eigenvalue weighted by Crippen LogP contribution is 2.31. The van der Waals surface area contributed by atoms with Crippen molar-refractivity contribution in [2.75, 3.05) is 13.1 Å². The van der Waals surface area contributed by atoms with Crippen molar-refractivity contribution in [3.63, 3.8) is 0 Å². The molecule has 0 fully saturated rings. The molecule has 0 saturated carbocycles. The van der Waals surface area contributed by atoms with E-state index in [0.29, 0.717) is 36.1 Å². The van der Waals surface area contributed by atoms with E-state index >= 15 is 0 Å². The fourth-order valence-corrected chi connectivity index (χ4v) is 3.74. The van der Waals surface area contributed by atoms with Gasteiger partial charge in [-0.15, -0.1) is 0 Å². The lowest BCUT2D eigenvalue weighted by Gasteiger charge is -2.27. The summed E-state index contributed by atoms with van der Waals surface area (Å²) in [6.07, 6.45) is 4.37. The first-order valence-corrected chi connectivity index (χ1v) is 9.40. The molecule has 1 N–H and O–H groups in total. The van der Waals surface area contributed by atoms with Crippen molar-refractivity contribution in [3.05, 3.63) is 64.5 Å². The molecule has 6 nitrogen and oxygen atoms in total. The Hall–Kier alpha value is -3.22. The maximum Gasteiger partial charge on any atom is 0.226 e. The number of pyridine rings is 1. The van der Waals surface area contributed by atoms with Gasteiger partial charge in [-0.1, -0.05) is 13.0 Å². The lowest BCUT2D eigenvalue weighted by molar-refractivity contribution is -0.136. The minimum Gasteiger partial charge on any atom is -0.386 e. The van der Waals surface area contributed by atoms with Crippen LogP contribution in [0.2, 0.25) is 0 Å². The van der Waals surface area contributed by atoms with Crippen LogP contribution in [-0.2, 0) is 17.6 Å². The molecule has 28 heavy (non-hydrogen) atoms. The summed E-state index contributed by atoms with van der Waals surface area (Å²) >= 11 is 0. The Labute approximate surface area is 164 Å². The third-order valence-corrected chi connectivity index (χ3v) is 5.13. The highest BCUT2D eigenvalue weighted by molar-refractivity contribution is 5.80. The predicted molar refractivity (Wildman–Crippen MR) is 103 cm³/mol. The van der Waals surface area contributed by atoms with Gasteiger partial charge in [-0.25, -0.2) is 0 Å². The Morgan fingerprint density at radius 1 is 1.29 bits per heavy atom. The van der Waals surface area contributed by atoms with Gasteiger partial charge in [0.2, 0.25) is 5.91 Å². The topological polar surface area (TPSA) is 101 Å². The molecular formula is C22H22N4O2. The van der Waals surface area contributed by atoms with E-state index in [1.807, 2.05) is 6.92 Å². The molecule has 1 amide bonds. The fraction of sp³-hybridized carbons (Fsp3) is 0.364. The average molecular weight is 374 g/mol. The van der Waals surface area contributed by atoms with E-state index in [1.54, 1.807) is 41.6 Å². The van der Waals surface area contributed by atoms with Gasteiger partial charge in [0.05, 0.1) is 23.8 Å². The summed E-state index contributed by atoms with van der Waals surface area (Å²) in [6.45, 7) is 2.78. The Morgan fingerprint density at radius 2 is 1.93 bits per heavy atom. The van der Waals surface area contributed by atoms with Crippen molar-refractivity contribution in [3.8, 4) is 12.1 Å². The molecule has 1 heterocycles. The summed E-state index contributed by atoms with van der Waals surface area (Å²) in [5, 5.41) is 28.9. The first-order valence-electron chi connectivity index (χ1n) is 9.40. The molecule has 0 spiro atoms. The van der Waals surface area contributed by atoms with Crippen LogP contribution in [0, 0.1) is 28.6 Å². The van der Waals surface area contributed by atoms with Gasteiger partial charge in [0.15, 0.2) is 0 Å². The number of aromatic nitrogens is 1. The third-order valence-electron chi connectivity index (χ3n) is 5.13. The summed E-state index contributed by atoms with van der Waals surface area (Å²) in [4.78, 5) is 18.9. The molecular weight excluding hydrogens is 352 g/mol. The largest absolute Gasteiger partial charge is 0.386 e. The van der Waals surface area contributed by atoms with Crippen LogP contribution >= 0.6 is 0 Å². The van der Waals surface area contributed by atoms with Gasteiger partial charge in [0, 0.05) is 30.4 Å². The van der Waals surface area contributed by atoms with E-state index in [0.717, 1.165) is 17.5 Å². The van der Waals surface area contributed by atoms with Crippen molar-refractivity contribution in [1.29, 1.82) is 10.5 Å². The Balaban J connectivity index is 1.75. The number of aliphatic hydroxyl groups excluding tert-OH is 1. The van der Waals surface area contributed by atoms with Crippen LogP contribution in [-0.4, -0.2) is 34.0 Å². The van der Waals surface area contributed by atoms with E-state index in [-0.39, 0.29) is 18.4 Å². The Morgan fingerprint density at radius 3 is 2.43 bits per heavy atom. The van der Waals surface area contributed by atoms with Gasteiger partial charge in [-0.2, -0.15) is 10.5 Å². The standard InChI is InChI=1S/C22H22N4O2/c1-2-6-26(14-21(27)15-4-3-5-25-13-15)22(28)18-7-16-9-19(11-23)20(12-24)10-17(16)8-18/h3-5,9-10,13,18,21,27H,2,6-8,14H2,1H3. The van der Waals surface area contributed by atoms with Crippen molar-refractivity contribution < 1.29 is 9.90 Å². The fourth-order valence-electron chi connectivity index (χ4n) is 3.74. The molecule has 1 aliphatic carbocycles. The number of carbonyl (C=O) groups is 1. The second kappa shape index (κ2) is 8.65. The highest BCUT2D eigenvalue weighted by atomic mass is 16.3. The van der Waals surface area contributed by atoms with Gasteiger partial charge in [0.1, 0.15) is 12.1 Å². The maximum absolute atomic E-state index is 13.1. The number of carbonyl (C=O) groups excluding carboxylic acids is 1. The summed E-state index contributed by atoms with van der Waals surface area (Å²) < 4.78 is 0. The first-order chi connectivity index (χ1) is 13.6. The van der Waals surface area contributed by atoms with E-state index in [2.05, 4.69) is 17.1 Å². The molecule has 1 atom stereocenters.